The van der Waals surface area contributed by atoms with E-state index in [0.717, 1.165) is 43.3 Å². The zero-order chi connectivity index (χ0) is 15.1. The monoisotopic (exact) mass is 287 g/mol. The lowest BCUT2D eigenvalue weighted by Crippen LogP contribution is -2.09. The summed E-state index contributed by atoms with van der Waals surface area (Å²) in [6.45, 7) is 5.84. The Kier molecular flexibility index (Phi) is 5.81. The molecule has 0 fully saturated rings. The standard InChI is InChI=1S/C17H25N3O/c1-4-6-15-7-9-16(10-8-15)20-13-14(2)19-17(20)18-11-5-12-21-3/h7-10,13H,4-6,11-12H2,1-3H3,(H,18,19). The summed E-state index contributed by atoms with van der Waals surface area (Å²) in [5.74, 6) is 0.895. The van der Waals surface area contributed by atoms with Crippen LogP contribution in [0.2, 0.25) is 0 Å². The number of nitrogens with one attached hydrogen (secondary N) is 1. The molecular weight excluding hydrogens is 262 g/mol. The van der Waals surface area contributed by atoms with Crippen LogP contribution in [0.3, 0.4) is 0 Å². The number of hydrogen-bond donors (Lipinski definition) is 1. The van der Waals surface area contributed by atoms with Gasteiger partial charge in [-0.05, 0) is 37.5 Å². The molecule has 0 amide bonds. The van der Waals surface area contributed by atoms with Crippen LogP contribution in [0.15, 0.2) is 30.5 Å². The van der Waals surface area contributed by atoms with Gasteiger partial charge in [-0.2, -0.15) is 0 Å². The van der Waals surface area contributed by atoms with E-state index >= 15 is 0 Å². The van der Waals surface area contributed by atoms with Crippen LogP contribution in [0.4, 0.5) is 5.95 Å². The maximum atomic E-state index is 5.07. The molecule has 1 aromatic heterocycles. The smallest absolute Gasteiger partial charge is 0.207 e. The molecule has 0 aliphatic carbocycles. The SMILES string of the molecule is CCCc1ccc(-n2cc(C)nc2NCCCOC)cc1. The van der Waals surface area contributed by atoms with Crippen LogP contribution < -0.4 is 5.32 Å². The molecular formula is C17H25N3O. The van der Waals surface area contributed by atoms with Gasteiger partial charge < -0.3 is 10.1 Å². The van der Waals surface area contributed by atoms with Crippen LogP contribution in [-0.4, -0.2) is 29.8 Å². The summed E-state index contributed by atoms with van der Waals surface area (Å²) in [5.41, 5.74) is 3.54. The fraction of sp³-hybridized carbons (Fsp3) is 0.471. The molecule has 0 aliphatic rings. The molecule has 0 unspecified atom stereocenters. The number of benzene rings is 1. The van der Waals surface area contributed by atoms with Gasteiger partial charge in [-0.1, -0.05) is 25.5 Å². The number of aromatic nitrogens is 2. The average Bonchev–Trinajstić information content (AvgIpc) is 2.86. The number of imidazole rings is 1. The summed E-state index contributed by atoms with van der Waals surface area (Å²) in [7, 11) is 1.73. The predicted octanol–water partition coefficient (Wildman–Crippen LogP) is 3.58. The second kappa shape index (κ2) is 7.84. The number of rotatable bonds is 8. The molecule has 1 heterocycles. The predicted molar refractivity (Wildman–Crippen MR) is 87.3 cm³/mol. The van der Waals surface area contributed by atoms with Crippen LogP contribution in [0, 0.1) is 6.92 Å². The summed E-state index contributed by atoms with van der Waals surface area (Å²) in [6.07, 6.45) is 5.34. The van der Waals surface area contributed by atoms with Crippen molar-refractivity contribution in [3.8, 4) is 5.69 Å². The van der Waals surface area contributed by atoms with Crippen molar-refractivity contribution in [2.75, 3.05) is 25.6 Å². The molecule has 0 radical (unpaired) electrons. The number of hydrogen-bond acceptors (Lipinski definition) is 3. The number of methoxy groups -OCH3 is 1. The first-order valence-electron chi connectivity index (χ1n) is 7.62. The van der Waals surface area contributed by atoms with E-state index in [2.05, 4.69) is 52.3 Å². The van der Waals surface area contributed by atoms with E-state index in [9.17, 15) is 0 Å². The summed E-state index contributed by atoms with van der Waals surface area (Å²) in [6, 6.07) is 8.71. The third-order valence-corrected chi connectivity index (χ3v) is 3.39. The van der Waals surface area contributed by atoms with E-state index in [1.54, 1.807) is 7.11 Å². The van der Waals surface area contributed by atoms with Crippen LogP contribution >= 0.6 is 0 Å². The molecule has 0 spiro atoms. The fourth-order valence-electron chi connectivity index (χ4n) is 2.35. The van der Waals surface area contributed by atoms with Gasteiger partial charge in [0.2, 0.25) is 5.95 Å². The van der Waals surface area contributed by atoms with Gasteiger partial charge in [-0.15, -0.1) is 0 Å². The first-order valence-corrected chi connectivity index (χ1v) is 7.62. The molecule has 1 aromatic carbocycles. The average molecular weight is 287 g/mol. The van der Waals surface area contributed by atoms with Crippen molar-refractivity contribution in [1.82, 2.24) is 9.55 Å². The maximum absolute atomic E-state index is 5.07. The number of nitrogens with zero attached hydrogens (tertiary/aromatic N) is 2. The minimum Gasteiger partial charge on any atom is -0.385 e. The maximum Gasteiger partial charge on any atom is 0.207 e. The molecule has 0 saturated carbocycles. The van der Waals surface area contributed by atoms with Crippen molar-refractivity contribution >= 4 is 5.95 Å². The lowest BCUT2D eigenvalue weighted by Gasteiger charge is -2.10. The van der Waals surface area contributed by atoms with Crippen molar-refractivity contribution < 1.29 is 4.74 Å². The second-order valence-electron chi connectivity index (χ2n) is 5.27. The van der Waals surface area contributed by atoms with Gasteiger partial charge in [-0.3, -0.25) is 4.57 Å². The van der Waals surface area contributed by atoms with Gasteiger partial charge in [-0.25, -0.2) is 4.98 Å². The van der Waals surface area contributed by atoms with E-state index in [-0.39, 0.29) is 0 Å². The van der Waals surface area contributed by atoms with E-state index in [0.29, 0.717) is 0 Å². The Hall–Kier alpha value is -1.81. The number of aryl methyl sites for hydroxylation is 2. The Morgan fingerprint density at radius 1 is 1.24 bits per heavy atom. The number of ether oxygens (including phenoxy) is 1. The highest BCUT2D eigenvalue weighted by Crippen LogP contribution is 2.17. The zero-order valence-electron chi connectivity index (χ0n) is 13.2. The molecule has 2 rings (SSSR count). The molecule has 0 atom stereocenters. The van der Waals surface area contributed by atoms with Gasteiger partial charge in [0, 0.05) is 32.1 Å². The Bertz CT molecular complexity index is 546. The third-order valence-electron chi connectivity index (χ3n) is 3.39. The highest BCUT2D eigenvalue weighted by molar-refractivity contribution is 5.44. The van der Waals surface area contributed by atoms with Crippen LogP contribution in [-0.2, 0) is 11.2 Å². The Morgan fingerprint density at radius 2 is 2.00 bits per heavy atom. The molecule has 0 aliphatic heterocycles. The molecule has 21 heavy (non-hydrogen) atoms. The molecule has 2 aromatic rings. The molecule has 114 valence electrons. The molecule has 4 heteroatoms. The topological polar surface area (TPSA) is 39.1 Å². The second-order valence-corrected chi connectivity index (χ2v) is 5.27. The van der Waals surface area contributed by atoms with Gasteiger partial charge in [0.25, 0.3) is 0 Å². The first kappa shape index (κ1) is 15.6. The Balaban J connectivity index is 2.11. The molecule has 4 nitrogen and oxygen atoms in total. The summed E-state index contributed by atoms with van der Waals surface area (Å²) >= 11 is 0. The first-order chi connectivity index (χ1) is 10.2. The lowest BCUT2D eigenvalue weighted by molar-refractivity contribution is 0.197. The normalized spacial score (nSPS) is 10.8. The highest BCUT2D eigenvalue weighted by atomic mass is 16.5. The fourth-order valence-corrected chi connectivity index (χ4v) is 2.35. The third kappa shape index (κ3) is 4.33. The van der Waals surface area contributed by atoms with Crippen molar-refractivity contribution in [2.24, 2.45) is 0 Å². The minimum absolute atomic E-state index is 0.762. The van der Waals surface area contributed by atoms with Crippen LogP contribution in [0.5, 0.6) is 0 Å². The van der Waals surface area contributed by atoms with E-state index in [4.69, 9.17) is 4.74 Å². The summed E-state index contributed by atoms with van der Waals surface area (Å²) in [5, 5.41) is 3.38. The van der Waals surface area contributed by atoms with Crippen LogP contribution in [0.25, 0.3) is 5.69 Å². The van der Waals surface area contributed by atoms with Crippen molar-refractivity contribution in [1.29, 1.82) is 0 Å². The van der Waals surface area contributed by atoms with Gasteiger partial charge in [0.05, 0.1) is 5.69 Å². The van der Waals surface area contributed by atoms with E-state index in [1.807, 2.05) is 6.92 Å². The Labute approximate surface area is 127 Å². The van der Waals surface area contributed by atoms with Crippen LogP contribution in [0.1, 0.15) is 31.0 Å². The highest BCUT2D eigenvalue weighted by Gasteiger charge is 2.07. The van der Waals surface area contributed by atoms with E-state index < -0.39 is 0 Å². The largest absolute Gasteiger partial charge is 0.385 e. The number of anilines is 1. The Morgan fingerprint density at radius 3 is 2.67 bits per heavy atom. The van der Waals surface area contributed by atoms with E-state index in [1.165, 1.54) is 12.0 Å². The molecule has 0 bridgehead atoms. The minimum atomic E-state index is 0.762. The summed E-state index contributed by atoms with van der Waals surface area (Å²) < 4.78 is 7.18. The van der Waals surface area contributed by atoms with Crippen molar-refractivity contribution in [3.63, 3.8) is 0 Å². The lowest BCUT2D eigenvalue weighted by atomic mass is 10.1. The zero-order valence-corrected chi connectivity index (χ0v) is 13.2. The molecule has 1 N–H and O–H groups in total. The van der Waals surface area contributed by atoms with Gasteiger partial charge in [0.1, 0.15) is 0 Å². The van der Waals surface area contributed by atoms with Crippen molar-refractivity contribution in [2.45, 2.75) is 33.1 Å². The molecule has 0 saturated heterocycles. The van der Waals surface area contributed by atoms with Crippen molar-refractivity contribution in [3.05, 3.63) is 41.7 Å². The quantitative estimate of drug-likeness (QED) is 0.754. The van der Waals surface area contributed by atoms with Gasteiger partial charge >= 0.3 is 0 Å². The summed E-state index contributed by atoms with van der Waals surface area (Å²) in [4.78, 5) is 4.55. The van der Waals surface area contributed by atoms with Gasteiger partial charge in [0.15, 0.2) is 0 Å².